The highest BCUT2D eigenvalue weighted by Gasteiger charge is 2.37. The second kappa shape index (κ2) is 9.60. The van der Waals surface area contributed by atoms with Crippen LogP contribution in [0.2, 0.25) is 0 Å². The maximum absolute atomic E-state index is 12.1. The lowest BCUT2D eigenvalue weighted by Crippen LogP contribution is -2.37. The first-order valence-corrected chi connectivity index (χ1v) is 15.2. The molecule has 2 fully saturated rings. The lowest BCUT2D eigenvalue weighted by molar-refractivity contribution is 0.0886. The fourth-order valence-electron chi connectivity index (χ4n) is 5.81. The van der Waals surface area contributed by atoms with Crippen molar-refractivity contribution in [3.8, 4) is 16.9 Å². The molecule has 1 aliphatic heterocycles. The molecule has 38 heavy (non-hydrogen) atoms. The maximum atomic E-state index is 12.1. The van der Waals surface area contributed by atoms with Gasteiger partial charge in [0.25, 0.3) is 0 Å². The molecule has 1 N–H and O–H groups in total. The summed E-state index contributed by atoms with van der Waals surface area (Å²) in [7, 11) is -3.30. The number of nitrogens with one attached hydrogen (secondary N) is 1. The largest absolute Gasteiger partial charge is 0.490 e. The van der Waals surface area contributed by atoms with E-state index in [0.29, 0.717) is 11.3 Å². The molecule has 0 unspecified atom stereocenters. The Balaban J connectivity index is 1.54. The summed E-state index contributed by atoms with van der Waals surface area (Å²) in [5.41, 5.74) is 2.52. The van der Waals surface area contributed by atoms with Crippen molar-refractivity contribution in [2.45, 2.75) is 69.9 Å². The minimum Gasteiger partial charge on any atom is -0.490 e. The van der Waals surface area contributed by atoms with E-state index < -0.39 is 21.5 Å². The molecule has 6 nitrogen and oxygen atoms in total. The van der Waals surface area contributed by atoms with Crippen LogP contribution in [-0.2, 0) is 20.1 Å². The van der Waals surface area contributed by atoms with Crippen LogP contribution in [0.15, 0.2) is 59.5 Å². The first-order chi connectivity index (χ1) is 17.8. The molecule has 1 saturated heterocycles. The predicted octanol–water partition coefficient (Wildman–Crippen LogP) is 6.85. The molecule has 3 aromatic carbocycles. The molecule has 7 heteroatoms. The highest BCUT2D eigenvalue weighted by molar-refractivity contribution is 7.90. The van der Waals surface area contributed by atoms with Crippen molar-refractivity contribution in [2.24, 2.45) is 11.3 Å². The van der Waals surface area contributed by atoms with Crippen molar-refractivity contribution in [3.05, 3.63) is 60.2 Å². The van der Waals surface area contributed by atoms with Crippen LogP contribution < -0.4 is 10.1 Å². The third-order valence-corrected chi connectivity index (χ3v) is 9.38. The summed E-state index contributed by atoms with van der Waals surface area (Å²) in [6.07, 6.45) is 5.28. The van der Waals surface area contributed by atoms with Crippen LogP contribution in [0.3, 0.4) is 0 Å². The van der Waals surface area contributed by atoms with Crippen molar-refractivity contribution in [1.82, 2.24) is 5.32 Å². The van der Waals surface area contributed by atoms with E-state index in [4.69, 9.17) is 9.47 Å². The van der Waals surface area contributed by atoms with Crippen LogP contribution in [0.4, 0.5) is 4.79 Å². The van der Waals surface area contributed by atoms with E-state index in [1.807, 2.05) is 31.2 Å². The minimum absolute atomic E-state index is 0.143. The van der Waals surface area contributed by atoms with Gasteiger partial charge in [-0.1, -0.05) is 51.1 Å². The Morgan fingerprint density at radius 1 is 0.974 bits per heavy atom. The number of alkyl carbamates (subject to hydrolysis) is 1. The van der Waals surface area contributed by atoms with E-state index in [2.05, 4.69) is 44.3 Å². The van der Waals surface area contributed by atoms with E-state index >= 15 is 0 Å². The molecule has 0 radical (unpaired) electrons. The second-order valence-electron chi connectivity index (χ2n) is 12.2. The number of sulfone groups is 1. The molecule has 1 heterocycles. The molecule has 1 saturated carbocycles. The van der Waals surface area contributed by atoms with Gasteiger partial charge in [0, 0.05) is 11.8 Å². The van der Waals surface area contributed by atoms with Gasteiger partial charge in [-0.15, -0.1) is 0 Å². The molecule has 202 valence electrons. The number of rotatable bonds is 5. The second-order valence-corrected chi connectivity index (χ2v) is 14.2. The number of carbonyl (C=O) groups excluding carboxylic acids is 1. The van der Waals surface area contributed by atoms with E-state index in [-0.39, 0.29) is 17.6 Å². The first kappa shape index (κ1) is 26.5. The molecule has 2 aliphatic rings. The normalized spacial score (nSPS) is 24.2. The Morgan fingerprint density at radius 3 is 2.24 bits per heavy atom. The Bertz CT molecular complexity index is 1460. The monoisotopic (exact) mass is 535 g/mol. The van der Waals surface area contributed by atoms with E-state index in [9.17, 15) is 13.2 Å². The van der Waals surface area contributed by atoms with Crippen molar-refractivity contribution in [1.29, 1.82) is 0 Å². The van der Waals surface area contributed by atoms with Gasteiger partial charge in [-0.2, -0.15) is 0 Å². The number of hydrogen-bond donors (Lipinski definition) is 1. The molecule has 1 amide bonds. The van der Waals surface area contributed by atoms with Crippen LogP contribution in [0.1, 0.15) is 58.9 Å². The molecule has 0 spiro atoms. The fraction of sp³-hybridized carbons (Fsp3) is 0.452. The van der Waals surface area contributed by atoms with Gasteiger partial charge in [-0.3, -0.25) is 0 Å². The Labute approximate surface area is 225 Å². The van der Waals surface area contributed by atoms with E-state index in [1.54, 1.807) is 12.1 Å². The zero-order chi connectivity index (χ0) is 27.3. The molecule has 1 aliphatic carbocycles. The van der Waals surface area contributed by atoms with Gasteiger partial charge >= 0.3 is 6.09 Å². The molecular formula is C31H37NO5S. The van der Waals surface area contributed by atoms with E-state index in [0.717, 1.165) is 58.9 Å². The fourth-order valence-corrected chi connectivity index (χ4v) is 6.44. The third-order valence-electron chi connectivity index (χ3n) is 8.25. The number of hydrogen-bond acceptors (Lipinski definition) is 5. The quantitative estimate of drug-likeness (QED) is 0.386. The smallest absolute Gasteiger partial charge is 0.408 e. The number of amides is 1. The van der Waals surface area contributed by atoms with Crippen LogP contribution in [-0.4, -0.2) is 33.5 Å². The summed E-state index contributed by atoms with van der Waals surface area (Å²) in [6.45, 7) is 9.18. The van der Waals surface area contributed by atoms with Crippen molar-refractivity contribution < 1.29 is 22.7 Å². The summed E-state index contributed by atoms with van der Waals surface area (Å²) >= 11 is 0. The number of fused-ring (bicyclic) bond motifs is 1. The highest BCUT2D eigenvalue weighted by atomic mass is 32.2. The summed E-state index contributed by atoms with van der Waals surface area (Å²) in [4.78, 5) is 12.0. The number of cyclic esters (lactones) is 1. The summed E-state index contributed by atoms with van der Waals surface area (Å²) in [5, 5.41) is 4.93. The standard InChI is InChI=1S/C31H37NO5S/c1-30(2,3)22-9-12-24(13-10-22)37-27-17-8-21-18-23(31(4)19-36-29(33)32-31)11-16-26(21)28(27)20-6-14-25(15-7-20)38(5,34)35/h6-8,11,14-18,22,24H,9-10,12-13,19H2,1-5H3,(H,32,33)/t22?,24?,31-/m0/s1. The topological polar surface area (TPSA) is 81.7 Å². The highest BCUT2D eigenvalue weighted by Crippen LogP contribution is 2.43. The number of benzene rings is 3. The summed E-state index contributed by atoms with van der Waals surface area (Å²) < 4.78 is 36.0. The maximum Gasteiger partial charge on any atom is 0.408 e. The van der Waals surface area contributed by atoms with Crippen LogP contribution in [0.25, 0.3) is 21.9 Å². The molecule has 0 aromatic heterocycles. The van der Waals surface area contributed by atoms with Crippen LogP contribution in [0, 0.1) is 11.3 Å². The average Bonchev–Trinajstić information content (AvgIpc) is 3.22. The Morgan fingerprint density at radius 2 is 1.66 bits per heavy atom. The van der Waals surface area contributed by atoms with Crippen molar-refractivity contribution >= 4 is 26.7 Å². The molecule has 1 atom stereocenters. The average molecular weight is 536 g/mol. The number of carbonyl (C=O) groups is 1. The first-order valence-electron chi connectivity index (χ1n) is 13.3. The third kappa shape index (κ3) is 5.26. The van der Waals surface area contributed by atoms with Gasteiger partial charge in [0.2, 0.25) is 0 Å². The van der Waals surface area contributed by atoms with Crippen LogP contribution in [0.5, 0.6) is 5.75 Å². The lowest BCUT2D eigenvalue weighted by atomic mass is 9.72. The molecule has 3 aromatic rings. The SMILES string of the molecule is CC(C)(C)C1CCC(Oc2ccc3cc([C@]4(C)COC(=O)N4)ccc3c2-c2ccc(S(C)(=O)=O)cc2)CC1. The van der Waals surface area contributed by atoms with Crippen LogP contribution >= 0.6 is 0 Å². The summed E-state index contributed by atoms with van der Waals surface area (Å²) in [6, 6.07) is 17.3. The van der Waals surface area contributed by atoms with Gasteiger partial charge in [0.15, 0.2) is 9.84 Å². The Hall–Kier alpha value is -3.06. The zero-order valence-corrected chi connectivity index (χ0v) is 23.7. The van der Waals surface area contributed by atoms with Gasteiger partial charge in [-0.05, 0) is 90.1 Å². The predicted molar refractivity (Wildman–Crippen MR) is 150 cm³/mol. The van der Waals surface area contributed by atoms with E-state index in [1.165, 1.54) is 6.26 Å². The zero-order valence-electron chi connectivity index (χ0n) is 22.8. The van der Waals surface area contributed by atoms with Crippen molar-refractivity contribution in [2.75, 3.05) is 12.9 Å². The van der Waals surface area contributed by atoms with Gasteiger partial charge in [-0.25, -0.2) is 13.2 Å². The minimum atomic E-state index is -3.30. The molecular weight excluding hydrogens is 498 g/mol. The molecule has 0 bridgehead atoms. The number of ether oxygens (including phenoxy) is 2. The molecule has 5 rings (SSSR count). The van der Waals surface area contributed by atoms with Gasteiger partial charge < -0.3 is 14.8 Å². The van der Waals surface area contributed by atoms with Gasteiger partial charge in [0.1, 0.15) is 12.4 Å². The lowest BCUT2D eigenvalue weighted by Gasteiger charge is -2.37. The van der Waals surface area contributed by atoms with Gasteiger partial charge in [0.05, 0.1) is 16.5 Å². The van der Waals surface area contributed by atoms with Crippen molar-refractivity contribution in [3.63, 3.8) is 0 Å². The summed E-state index contributed by atoms with van der Waals surface area (Å²) in [5.74, 6) is 1.50. The Kier molecular flexibility index (Phi) is 6.70.